The normalized spacial score (nSPS) is 11.1. The molecule has 7 nitrogen and oxygen atoms in total. The molecule has 5 N–H and O–H groups in total. The van der Waals surface area contributed by atoms with Gasteiger partial charge < -0.3 is 26.2 Å². The Balaban J connectivity index is 1.82. The Morgan fingerprint density at radius 2 is 1.38 bits per heavy atom. The highest BCUT2D eigenvalue weighted by atomic mass is 16.3. The maximum absolute atomic E-state index is 12.4. The molecule has 0 radical (unpaired) electrons. The Hall–Kier alpha value is -3.58. The lowest BCUT2D eigenvalue weighted by atomic mass is 10.2. The summed E-state index contributed by atoms with van der Waals surface area (Å²) in [6.45, 7) is 1.30. The zero-order valence-electron chi connectivity index (χ0n) is 16.0. The maximum atomic E-state index is 12.4. The molecule has 0 aliphatic heterocycles. The fourth-order valence-electron chi connectivity index (χ4n) is 2.48. The topological polar surface area (TPSA) is 116 Å². The molecular formula is C22H25N3O4. The summed E-state index contributed by atoms with van der Waals surface area (Å²) in [5, 5.41) is 21.3. The van der Waals surface area contributed by atoms with Gasteiger partial charge in [0.15, 0.2) is 0 Å². The van der Waals surface area contributed by atoms with Crippen LogP contribution in [0.5, 0.6) is 11.5 Å². The van der Waals surface area contributed by atoms with Crippen molar-refractivity contribution in [3.05, 3.63) is 71.8 Å². The number of carbonyl (C=O) groups excluding carboxylic acids is 2. The van der Waals surface area contributed by atoms with Gasteiger partial charge in [-0.1, -0.05) is 24.3 Å². The summed E-state index contributed by atoms with van der Waals surface area (Å²) in [5.41, 5.74) is 7.16. The lowest BCUT2D eigenvalue weighted by Crippen LogP contribution is -2.40. The van der Waals surface area contributed by atoms with E-state index >= 15 is 0 Å². The Bertz CT molecular complexity index is 859. The van der Waals surface area contributed by atoms with Gasteiger partial charge in [0.2, 0.25) is 11.8 Å². The molecule has 0 saturated carbocycles. The van der Waals surface area contributed by atoms with Crippen molar-refractivity contribution in [3.63, 3.8) is 0 Å². The van der Waals surface area contributed by atoms with Crippen molar-refractivity contribution in [2.75, 3.05) is 26.2 Å². The standard InChI is InChI=1S/C22H25N3O4/c23-13-15-25(22(29)12-6-18-3-9-20(27)10-4-18)16-14-24-21(28)11-5-17-1-7-19(26)8-2-17/h1-12,26-27H,13-16,23H2,(H,24,28)/b11-5+,12-6+. The van der Waals surface area contributed by atoms with Crippen LogP contribution in [-0.4, -0.2) is 53.1 Å². The molecule has 0 aliphatic carbocycles. The second-order valence-electron chi connectivity index (χ2n) is 6.25. The predicted molar refractivity (Wildman–Crippen MR) is 113 cm³/mol. The van der Waals surface area contributed by atoms with E-state index < -0.39 is 0 Å². The highest BCUT2D eigenvalue weighted by molar-refractivity contribution is 5.92. The lowest BCUT2D eigenvalue weighted by molar-refractivity contribution is -0.126. The van der Waals surface area contributed by atoms with E-state index in [1.807, 2.05) is 0 Å². The average molecular weight is 395 g/mol. The fourth-order valence-corrected chi connectivity index (χ4v) is 2.48. The summed E-state index contributed by atoms with van der Waals surface area (Å²) in [6.07, 6.45) is 6.13. The van der Waals surface area contributed by atoms with Crippen molar-refractivity contribution >= 4 is 24.0 Å². The first-order valence-electron chi connectivity index (χ1n) is 9.19. The van der Waals surface area contributed by atoms with Gasteiger partial charge >= 0.3 is 0 Å². The lowest BCUT2D eigenvalue weighted by Gasteiger charge is -2.20. The predicted octanol–water partition coefficient (Wildman–Crippen LogP) is 1.73. The number of hydrogen-bond donors (Lipinski definition) is 4. The number of nitrogens with one attached hydrogen (secondary N) is 1. The summed E-state index contributed by atoms with van der Waals surface area (Å²) < 4.78 is 0. The average Bonchev–Trinajstić information content (AvgIpc) is 2.72. The van der Waals surface area contributed by atoms with Gasteiger partial charge in [0, 0.05) is 38.3 Å². The molecule has 7 heteroatoms. The molecule has 2 aromatic rings. The Labute approximate surface area is 169 Å². The zero-order chi connectivity index (χ0) is 21.1. The number of hydrogen-bond acceptors (Lipinski definition) is 5. The maximum Gasteiger partial charge on any atom is 0.246 e. The van der Waals surface area contributed by atoms with Crippen LogP contribution in [0.1, 0.15) is 11.1 Å². The van der Waals surface area contributed by atoms with Crippen LogP contribution >= 0.6 is 0 Å². The summed E-state index contributed by atoms with van der Waals surface area (Å²) >= 11 is 0. The number of amides is 2. The number of phenols is 2. The van der Waals surface area contributed by atoms with E-state index in [0.717, 1.165) is 11.1 Å². The van der Waals surface area contributed by atoms with Crippen LogP contribution in [0, 0.1) is 0 Å². The molecule has 0 unspecified atom stereocenters. The Kier molecular flexibility index (Phi) is 8.47. The van der Waals surface area contributed by atoms with E-state index in [0.29, 0.717) is 19.6 Å². The van der Waals surface area contributed by atoms with Gasteiger partial charge in [-0.25, -0.2) is 0 Å². The van der Waals surface area contributed by atoms with Crippen LogP contribution in [0.3, 0.4) is 0 Å². The summed E-state index contributed by atoms with van der Waals surface area (Å²) in [6, 6.07) is 13.0. The summed E-state index contributed by atoms with van der Waals surface area (Å²) in [7, 11) is 0. The summed E-state index contributed by atoms with van der Waals surface area (Å²) in [4.78, 5) is 25.9. The third-order valence-electron chi connectivity index (χ3n) is 4.02. The van der Waals surface area contributed by atoms with E-state index in [-0.39, 0.29) is 29.9 Å². The zero-order valence-corrected chi connectivity index (χ0v) is 16.0. The van der Waals surface area contributed by atoms with Gasteiger partial charge in [-0.2, -0.15) is 0 Å². The van der Waals surface area contributed by atoms with Gasteiger partial charge in [-0.15, -0.1) is 0 Å². The molecule has 0 saturated heterocycles. The highest BCUT2D eigenvalue weighted by Crippen LogP contribution is 2.11. The van der Waals surface area contributed by atoms with Gasteiger partial charge in [-0.05, 0) is 47.5 Å². The van der Waals surface area contributed by atoms with Crippen LogP contribution in [0.2, 0.25) is 0 Å². The molecule has 0 atom stereocenters. The minimum atomic E-state index is -0.280. The second kappa shape index (κ2) is 11.3. The number of phenolic OH excluding ortho intramolecular Hbond substituents is 2. The molecule has 2 rings (SSSR count). The molecule has 0 heterocycles. The summed E-state index contributed by atoms with van der Waals surface area (Å²) in [5.74, 6) is -0.167. The van der Waals surface area contributed by atoms with Gasteiger partial charge in [0.25, 0.3) is 0 Å². The van der Waals surface area contributed by atoms with Gasteiger partial charge in [0.1, 0.15) is 11.5 Å². The smallest absolute Gasteiger partial charge is 0.246 e. The first kappa shape index (κ1) is 21.7. The van der Waals surface area contributed by atoms with Crippen molar-refractivity contribution in [1.29, 1.82) is 0 Å². The largest absolute Gasteiger partial charge is 0.508 e. The number of rotatable bonds is 9. The molecule has 152 valence electrons. The molecule has 29 heavy (non-hydrogen) atoms. The quantitative estimate of drug-likeness (QED) is 0.483. The monoisotopic (exact) mass is 395 g/mol. The van der Waals surface area contributed by atoms with E-state index in [9.17, 15) is 19.8 Å². The number of nitrogens with zero attached hydrogens (tertiary/aromatic N) is 1. The molecule has 0 spiro atoms. The molecular weight excluding hydrogens is 370 g/mol. The number of nitrogens with two attached hydrogens (primary N) is 1. The van der Waals surface area contributed by atoms with Crippen molar-refractivity contribution in [1.82, 2.24) is 10.2 Å². The third kappa shape index (κ3) is 7.90. The van der Waals surface area contributed by atoms with Crippen molar-refractivity contribution in [3.8, 4) is 11.5 Å². The Morgan fingerprint density at radius 3 is 1.90 bits per heavy atom. The highest BCUT2D eigenvalue weighted by Gasteiger charge is 2.09. The van der Waals surface area contributed by atoms with Gasteiger partial charge in [0.05, 0.1) is 0 Å². The molecule has 0 aromatic heterocycles. The fraction of sp³-hybridized carbons (Fsp3) is 0.182. The molecule has 2 aromatic carbocycles. The van der Waals surface area contributed by atoms with Crippen LogP contribution in [0.25, 0.3) is 12.2 Å². The van der Waals surface area contributed by atoms with E-state index in [4.69, 9.17) is 5.73 Å². The first-order valence-corrected chi connectivity index (χ1v) is 9.19. The number of carbonyl (C=O) groups is 2. The van der Waals surface area contributed by atoms with Crippen molar-refractivity contribution in [2.24, 2.45) is 5.73 Å². The SMILES string of the molecule is NCCN(CCNC(=O)/C=C/c1ccc(O)cc1)C(=O)/C=C/c1ccc(O)cc1. The first-order chi connectivity index (χ1) is 14.0. The minimum absolute atomic E-state index is 0.161. The van der Waals surface area contributed by atoms with Crippen molar-refractivity contribution in [2.45, 2.75) is 0 Å². The van der Waals surface area contributed by atoms with Crippen molar-refractivity contribution < 1.29 is 19.8 Å². The van der Waals surface area contributed by atoms with Crippen LogP contribution in [0.4, 0.5) is 0 Å². The third-order valence-corrected chi connectivity index (χ3v) is 4.02. The molecule has 0 fully saturated rings. The van der Waals surface area contributed by atoms with Crippen LogP contribution < -0.4 is 11.1 Å². The van der Waals surface area contributed by atoms with E-state index in [2.05, 4.69) is 5.32 Å². The second-order valence-corrected chi connectivity index (χ2v) is 6.25. The van der Waals surface area contributed by atoms with Crippen LogP contribution in [-0.2, 0) is 9.59 Å². The molecule has 0 bridgehead atoms. The van der Waals surface area contributed by atoms with E-state index in [1.54, 1.807) is 65.6 Å². The number of benzene rings is 2. The van der Waals surface area contributed by atoms with E-state index in [1.165, 1.54) is 12.2 Å². The van der Waals surface area contributed by atoms with Gasteiger partial charge in [-0.3, -0.25) is 9.59 Å². The minimum Gasteiger partial charge on any atom is -0.508 e. The number of aromatic hydroxyl groups is 2. The Morgan fingerprint density at radius 1 is 0.862 bits per heavy atom. The molecule has 2 amide bonds. The molecule has 0 aliphatic rings. The van der Waals surface area contributed by atoms with Crippen LogP contribution in [0.15, 0.2) is 60.7 Å².